The highest BCUT2D eigenvalue weighted by molar-refractivity contribution is 7.18. The van der Waals surface area contributed by atoms with Crippen LogP contribution < -0.4 is 11.1 Å². The third-order valence-electron chi connectivity index (χ3n) is 2.94. The fourth-order valence-electron chi connectivity index (χ4n) is 1.98. The number of benzene rings is 1. The van der Waals surface area contributed by atoms with Crippen LogP contribution in [0, 0.1) is 6.92 Å². The first-order valence-electron chi connectivity index (χ1n) is 6.01. The Kier molecular flexibility index (Phi) is 3.05. The zero-order valence-electron chi connectivity index (χ0n) is 10.6. The lowest BCUT2D eigenvalue weighted by Gasteiger charge is -2.07. The van der Waals surface area contributed by atoms with Crippen LogP contribution in [-0.4, -0.2) is 9.97 Å². The fraction of sp³-hybridized carbons (Fsp3) is 0.143. The molecule has 96 valence electrons. The van der Waals surface area contributed by atoms with Crippen LogP contribution in [0.4, 0.5) is 11.5 Å². The van der Waals surface area contributed by atoms with Gasteiger partial charge in [0.25, 0.3) is 0 Å². The molecule has 3 rings (SSSR count). The molecule has 4 nitrogen and oxygen atoms in total. The molecule has 1 aromatic carbocycles. The summed E-state index contributed by atoms with van der Waals surface area (Å²) in [5.74, 6) is 0.880. The van der Waals surface area contributed by atoms with Gasteiger partial charge in [-0.05, 0) is 35.6 Å². The summed E-state index contributed by atoms with van der Waals surface area (Å²) in [5.41, 5.74) is 9.90. The molecule has 0 saturated carbocycles. The molecule has 0 amide bonds. The second-order valence-electron chi connectivity index (χ2n) is 4.42. The molecule has 0 fully saturated rings. The number of aromatic nitrogens is 2. The molecule has 0 aliphatic heterocycles. The van der Waals surface area contributed by atoms with Gasteiger partial charge < -0.3 is 11.1 Å². The van der Waals surface area contributed by atoms with Crippen molar-refractivity contribution >= 4 is 33.1 Å². The summed E-state index contributed by atoms with van der Waals surface area (Å²) in [7, 11) is 0. The number of nitrogens with one attached hydrogen (secondary N) is 1. The average Bonchev–Trinajstić information content (AvgIpc) is 2.79. The number of fused-ring (bicyclic) bond motifs is 1. The van der Waals surface area contributed by atoms with E-state index in [0.717, 1.165) is 27.3 Å². The van der Waals surface area contributed by atoms with Crippen molar-refractivity contribution < 1.29 is 0 Å². The van der Waals surface area contributed by atoms with E-state index in [9.17, 15) is 0 Å². The van der Waals surface area contributed by atoms with E-state index in [1.54, 1.807) is 17.7 Å². The summed E-state index contributed by atoms with van der Waals surface area (Å²) < 4.78 is 1.10. The van der Waals surface area contributed by atoms with Crippen molar-refractivity contribution in [3.05, 3.63) is 47.1 Å². The SMILES string of the molecule is Cc1csc2c(NCc3cccc(N)c3)ncnc12. The van der Waals surface area contributed by atoms with Gasteiger partial charge in [0.2, 0.25) is 0 Å². The quantitative estimate of drug-likeness (QED) is 0.717. The molecule has 0 unspecified atom stereocenters. The van der Waals surface area contributed by atoms with Crippen molar-refractivity contribution in [2.24, 2.45) is 0 Å². The lowest BCUT2D eigenvalue weighted by molar-refractivity contribution is 1.11. The highest BCUT2D eigenvalue weighted by atomic mass is 32.1. The second-order valence-corrected chi connectivity index (χ2v) is 5.30. The average molecular weight is 270 g/mol. The number of rotatable bonds is 3. The van der Waals surface area contributed by atoms with Crippen molar-refractivity contribution in [1.82, 2.24) is 9.97 Å². The van der Waals surface area contributed by atoms with E-state index < -0.39 is 0 Å². The number of anilines is 2. The molecule has 0 spiro atoms. The van der Waals surface area contributed by atoms with Gasteiger partial charge in [-0.1, -0.05) is 12.1 Å². The monoisotopic (exact) mass is 270 g/mol. The van der Waals surface area contributed by atoms with Crippen molar-refractivity contribution in [3.8, 4) is 0 Å². The number of nitrogens with zero attached hydrogens (tertiary/aromatic N) is 2. The van der Waals surface area contributed by atoms with Gasteiger partial charge in [0.05, 0.1) is 10.2 Å². The lowest BCUT2D eigenvalue weighted by atomic mass is 10.2. The molecule has 0 radical (unpaired) electrons. The Labute approximate surface area is 115 Å². The molecular weight excluding hydrogens is 256 g/mol. The topological polar surface area (TPSA) is 63.8 Å². The summed E-state index contributed by atoms with van der Waals surface area (Å²) >= 11 is 1.67. The maximum absolute atomic E-state index is 5.77. The Hall–Kier alpha value is -2.14. The second kappa shape index (κ2) is 4.85. The molecule has 0 aliphatic carbocycles. The molecule has 0 bridgehead atoms. The van der Waals surface area contributed by atoms with Crippen molar-refractivity contribution in [1.29, 1.82) is 0 Å². The van der Waals surface area contributed by atoms with Crippen LogP contribution >= 0.6 is 11.3 Å². The van der Waals surface area contributed by atoms with E-state index in [1.165, 1.54) is 5.56 Å². The molecule has 5 heteroatoms. The summed E-state index contributed by atoms with van der Waals surface area (Å²) in [5, 5.41) is 5.45. The predicted octanol–water partition coefficient (Wildman–Crippen LogP) is 3.19. The van der Waals surface area contributed by atoms with Crippen molar-refractivity contribution in [3.63, 3.8) is 0 Å². The molecule has 0 atom stereocenters. The standard InChI is InChI=1S/C14H14N4S/c1-9-7-19-13-12(9)17-8-18-14(13)16-6-10-3-2-4-11(15)5-10/h2-5,7-8H,6,15H2,1H3,(H,16,17,18). The molecule has 0 saturated heterocycles. The zero-order valence-corrected chi connectivity index (χ0v) is 11.4. The molecule has 2 aromatic heterocycles. The Morgan fingerprint density at radius 1 is 1.32 bits per heavy atom. The van der Waals surface area contributed by atoms with Crippen LogP contribution in [0.3, 0.4) is 0 Å². The van der Waals surface area contributed by atoms with Crippen molar-refractivity contribution in [2.75, 3.05) is 11.1 Å². The van der Waals surface area contributed by atoms with Crippen LogP contribution in [0.15, 0.2) is 36.0 Å². The van der Waals surface area contributed by atoms with Gasteiger partial charge in [-0.15, -0.1) is 11.3 Å². The van der Waals surface area contributed by atoms with Gasteiger partial charge in [-0.2, -0.15) is 0 Å². The van der Waals surface area contributed by atoms with Gasteiger partial charge in [0, 0.05) is 12.2 Å². The Balaban J connectivity index is 1.86. The Bertz CT molecular complexity index is 720. The van der Waals surface area contributed by atoms with Crippen LogP contribution in [0.2, 0.25) is 0 Å². The Morgan fingerprint density at radius 2 is 2.21 bits per heavy atom. The van der Waals surface area contributed by atoms with Gasteiger partial charge in [0.1, 0.15) is 12.1 Å². The first-order chi connectivity index (χ1) is 9.24. The number of hydrogen-bond donors (Lipinski definition) is 2. The van der Waals surface area contributed by atoms with E-state index in [0.29, 0.717) is 6.54 Å². The number of nitrogens with two attached hydrogens (primary N) is 1. The number of thiophene rings is 1. The van der Waals surface area contributed by atoms with Gasteiger partial charge in [0.15, 0.2) is 0 Å². The minimum atomic E-state index is 0.702. The minimum Gasteiger partial charge on any atom is -0.399 e. The zero-order chi connectivity index (χ0) is 13.2. The molecule has 0 aliphatic rings. The normalized spacial score (nSPS) is 10.8. The van der Waals surface area contributed by atoms with E-state index in [4.69, 9.17) is 5.73 Å². The molecular formula is C14H14N4S. The fourth-order valence-corrected chi connectivity index (χ4v) is 2.95. The van der Waals surface area contributed by atoms with E-state index in [1.807, 2.05) is 24.3 Å². The number of hydrogen-bond acceptors (Lipinski definition) is 5. The maximum Gasteiger partial charge on any atom is 0.147 e. The van der Waals surface area contributed by atoms with Crippen LogP contribution in [0.25, 0.3) is 10.2 Å². The van der Waals surface area contributed by atoms with Crippen molar-refractivity contribution in [2.45, 2.75) is 13.5 Å². The minimum absolute atomic E-state index is 0.702. The third-order valence-corrected chi connectivity index (χ3v) is 4.04. The molecule has 2 heterocycles. The Morgan fingerprint density at radius 3 is 3.05 bits per heavy atom. The smallest absolute Gasteiger partial charge is 0.147 e. The van der Waals surface area contributed by atoms with Crippen LogP contribution in [0.5, 0.6) is 0 Å². The van der Waals surface area contributed by atoms with Gasteiger partial charge in [-0.3, -0.25) is 0 Å². The van der Waals surface area contributed by atoms with E-state index >= 15 is 0 Å². The molecule has 19 heavy (non-hydrogen) atoms. The van der Waals surface area contributed by atoms with E-state index in [2.05, 4.69) is 27.6 Å². The summed E-state index contributed by atoms with van der Waals surface area (Å²) in [6, 6.07) is 7.85. The maximum atomic E-state index is 5.77. The molecule has 3 N–H and O–H groups in total. The summed E-state index contributed by atoms with van der Waals surface area (Å²) in [4.78, 5) is 8.62. The molecule has 3 aromatic rings. The number of aryl methyl sites for hydroxylation is 1. The highest BCUT2D eigenvalue weighted by Crippen LogP contribution is 2.28. The van der Waals surface area contributed by atoms with Gasteiger partial charge >= 0.3 is 0 Å². The number of nitrogen functional groups attached to an aromatic ring is 1. The largest absolute Gasteiger partial charge is 0.399 e. The van der Waals surface area contributed by atoms with E-state index in [-0.39, 0.29) is 0 Å². The summed E-state index contributed by atoms with van der Waals surface area (Å²) in [6.07, 6.45) is 1.60. The highest BCUT2D eigenvalue weighted by Gasteiger charge is 2.07. The first-order valence-corrected chi connectivity index (χ1v) is 6.89. The van der Waals surface area contributed by atoms with Crippen LogP contribution in [-0.2, 0) is 6.54 Å². The lowest BCUT2D eigenvalue weighted by Crippen LogP contribution is -2.02. The van der Waals surface area contributed by atoms with Crippen LogP contribution in [0.1, 0.15) is 11.1 Å². The third kappa shape index (κ3) is 2.37. The predicted molar refractivity (Wildman–Crippen MR) is 80.3 cm³/mol. The van der Waals surface area contributed by atoms with Gasteiger partial charge in [-0.25, -0.2) is 9.97 Å². The summed E-state index contributed by atoms with van der Waals surface area (Å²) in [6.45, 7) is 2.77. The first kappa shape index (κ1) is 11.9.